The van der Waals surface area contributed by atoms with Crippen molar-refractivity contribution < 1.29 is 13.5 Å². The number of halogens is 1. The van der Waals surface area contributed by atoms with Crippen molar-refractivity contribution in [2.45, 2.75) is 38.8 Å². The molecule has 5 nitrogen and oxygen atoms in total. The number of piperidine rings is 1. The summed E-state index contributed by atoms with van der Waals surface area (Å²) < 4.78 is 25.3. The smallest absolute Gasteiger partial charge is 0.229 e. The van der Waals surface area contributed by atoms with Crippen LogP contribution in [0.25, 0.3) is 11.5 Å². The van der Waals surface area contributed by atoms with Crippen molar-refractivity contribution in [3.05, 3.63) is 65.6 Å². The summed E-state index contributed by atoms with van der Waals surface area (Å²) in [6.45, 7) is 3.54. The molecule has 28 heavy (non-hydrogen) atoms. The van der Waals surface area contributed by atoms with E-state index >= 15 is 0 Å². The SMILES string of the molecule is COc1ccc(F)c(-c2nc(CN3CCCCC3c3cccnc3)c(C)o2)c1. The summed E-state index contributed by atoms with van der Waals surface area (Å²) in [6.07, 6.45) is 7.20. The fourth-order valence-corrected chi connectivity index (χ4v) is 3.81. The molecule has 4 rings (SSSR count). The van der Waals surface area contributed by atoms with Gasteiger partial charge in [0, 0.05) is 25.0 Å². The van der Waals surface area contributed by atoms with Crippen LogP contribution >= 0.6 is 0 Å². The third-order valence-corrected chi connectivity index (χ3v) is 5.33. The third-order valence-electron chi connectivity index (χ3n) is 5.33. The van der Waals surface area contributed by atoms with Crippen LogP contribution in [0.3, 0.4) is 0 Å². The lowest BCUT2D eigenvalue weighted by molar-refractivity contribution is 0.138. The van der Waals surface area contributed by atoms with Crippen molar-refractivity contribution in [2.75, 3.05) is 13.7 Å². The number of benzene rings is 1. The lowest BCUT2D eigenvalue weighted by Crippen LogP contribution is -2.33. The van der Waals surface area contributed by atoms with Gasteiger partial charge >= 0.3 is 0 Å². The first kappa shape index (κ1) is 18.6. The van der Waals surface area contributed by atoms with E-state index in [1.54, 1.807) is 25.4 Å². The predicted octanol–water partition coefficient (Wildman–Crippen LogP) is 4.92. The number of rotatable bonds is 5. The molecule has 0 bridgehead atoms. The molecular weight excluding hydrogens is 357 g/mol. The first-order chi connectivity index (χ1) is 13.7. The minimum absolute atomic E-state index is 0.291. The van der Waals surface area contributed by atoms with E-state index in [0.717, 1.165) is 25.1 Å². The molecule has 0 amide bonds. The molecule has 146 valence electrons. The number of hydrogen-bond donors (Lipinski definition) is 0. The average molecular weight is 381 g/mol. The molecule has 1 aliphatic rings. The number of methoxy groups -OCH3 is 1. The van der Waals surface area contributed by atoms with Crippen LogP contribution < -0.4 is 4.74 Å². The highest BCUT2D eigenvalue weighted by Gasteiger charge is 2.26. The molecule has 0 aliphatic carbocycles. The second kappa shape index (κ2) is 8.10. The molecule has 0 radical (unpaired) electrons. The summed E-state index contributed by atoms with van der Waals surface area (Å²) in [5.41, 5.74) is 2.38. The zero-order valence-electron chi connectivity index (χ0n) is 16.2. The van der Waals surface area contributed by atoms with Crippen LogP contribution in [-0.2, 0) is 6.54 Å². The van der Waals surface area contributed by atoms with E-state index in [1.807, 2.05) is 19.2 Å². The van der Waals surface area contributed by atoms with Crippen LogP contribution in [-0.4, -0.2) is 28.5 Å². The van der Waals surface area contributed by atoms with Gasteiger partial charge in [0.15, 0.2) is 0 Å². The second-order valence-corrected chi connectivity index (χ2v) is 7.14. The van der Waals surface area contributed by atoms with Gasteiger partial charge in [-0.3, -0.25) is 9.88 Å². The molecule has 3 aromatic rings. The molecule has 1 aromatic carbocycles. The Bertz CT molecular complexity index is 942. The van der Waals surface area contributed by atoms with E-state index in [9.17, 15) is 4.39 Å². The monoisotopic (exact) mass is 381 g/mol. The van der Waals surface area contributed by atoms with Gasteiger partial charge in [0.2, 0.25) is 5.89 Å². The zero-order chi connectivity index (χ0) is 19.5. The van der Waals surface area contributed by atoms with Crippen molar-refractivity contribution in [1.82, 2.24) is 14.9 Å². The fraction of sp³-hybridized carbons (Fsp3) is 0.364. The number of nitrogens with zero attached hydrogens (tertiary/aromatic N) is 3. The largest absolute Gasteiger partial charge is 0.497 e. The number of aryl methyl sites for hydroxylation is 1. The molecule has 6 heteroatoms. The molecule has 3 heterocycles. The Morgan fingerprint density at radius 3 is 2.96 bits per heavy atom. The molecule has 1 fully saturated rings. The van der Waals surface area contributed by atoms with Gasteiger partial charge in [-0.15, -0.1) is 0 Å². The van der Waals surface area contributed by atoms with Gasteiger partial charge in [-0.1, -0.05) is 12.5 Å². The molecule has 1 saturated heterocycles. The van der Waals surface area contributed by atoms with Crippen LogP contribution in [0, 0.1) is 12.7 Å². The van der Waals surface area contributed by atoms with E-state index < -0.39 is 0 Å². The fourth-order valence-electron chi connectivity index (χ4n) is 3.81. The van der Waals surface area contributed by atoms with Gasteiger partial charge in [-0.25, -0.2) is 9.37 Å². The Kier molecular flexibility index (Phi) is 5.39. The maximum absolute atomic E-state index is 14.3. The Balaban J connectivity index is 1.60. The van der Waals surface area contributed by atoms with Crippen molar-refractivity contribution in [2.24, 2.45) is 0 Å². The topological polar surface area (TPSA) is 51.4 Å². The van der Waals surface area contributed by atoms with Crippen molar-refractivity contribution >= 4 is 0 Å². The minimum atomic E-state index is -0.375. The number of likely N-dealkylation sites (tertiary alicyclic amines) is 1. The number of hydrogen-bond acceptors (Lipinski definition) is 5. The second-order valence-electron chi connectivity index (χ2n) is 7.14. The molecule has 1 atom stereocenters. The molecule has 0 spiro atoms. The summed E-state index contributed by atoms with van der Waals surface area (Å²) in [4.78, 5) is 11.3. The highest BCUT2D eigenvalue weighted by Crippen LogP contribution is 2.33. The van der Waals surface area contributed by atoms with Crippen molar-refractivity contribution in [3.63, 3.8) is 0 Å². The van der Waals surface area contributed by atoms with Crippen LogP contribution in [0.15, 0.2) is 47.1 Å². The van der Waals surface area contributed by atoms with Gasteiger partial charge < -0.3 is 9.15 Å². The highest BCUT2D eigenvalue weighted by atomic mass is 19.1. The van der Waals surface area contributed by atoms with E-state index in [4.69, 9.17) is 9.15 Å². The lowest BCUT2D eigenvalue weighted by Gasteiger charge is -2.35. The van der Waals surface area contributed by atoms with Gasteiger partial charge in [0.25, 0.3) is 0 Å². The summed E-state index contributed by atoms with van der Waals surface area (Å²) in [5, 5.41) is 0. The van der Waals surface area contributed by atoms with Crippen LogP contribution in [0.4, 0.5) is 4.39 Å². The third kappa shape index (κ3) is 3.78. The van der Waals surface area contributed by atoms with Crippen molar-refractivity contribution in [3.8, 4) is 17.2 Å². The maximum Gasteiger partial charge on any atom is 0.229 e. The number of oxazole rings is 1. The number of aromatic nitrogens is 2. The highest BCUT2D eigenvalue weighted by molar-refractivity contribution is 5.57. The van der Waals surface area contributed by atoms with Gasteiger partial charge in [0.1, 0.15) is 17.3 Å². The Hall–Kier alpha value is -2.73. The first-order valence-corrected chi connectivity index (χ1v) is 9.60. The molecule has 2 aromatic heterocycles. The summed E-state index contributed by atoms with van der Waals surface area (Å²) >= 11 is 0. The molecule has 1 unspecified atom stereocenters. The number of pyridine rings is 1. The summed E-state index contributed by atoms with van der Waals surface area (Å²) in [5.74, 6) is 1.20. The standard InChI is InChI=1S/C22H24FN3O2/c1-15-20(25-22(28-15)18-12-17(27-2)8-9-19(18)23)14-26-11-4-3-7-21(26)16-6-5-10-24-13-16/h5-6,8-10,12-13,21H,3-4,7,11,14H2,1-2H3. The quantitative estimate of drug-likeness (QED) is 0.628. The zero-order valence-corrected chi connectivity index (χ0v) is 16.2. The molecule has 0 saturated carbocycles. The van der Waals surface area contributed by atoms with E-state index in [1.165, 1.54) is 18.1 Å². The molecular formula is C22H24FN3O2. The van der Waals surface area contributed by atoms with Gasteiger partial charge in [0.05, 0.1) is 18.4 Å². The number of ether oxygens (including phenoxy) is 1. The normalized spacial score (nSPS) is 17.6. The van der Waals surface area contributed by atoms with E-state index in [0.29, 0.717) is 35.6 Å². The summed E-state index contributed by atoms with van der Waals surface area (Å²) in [7, 11) is 1.55. The maximum atomic E-state index is 14.3. The molecule has 1 aliphatic heterocycles. The van der Waals surface area contributed by atoms with Crippen LogP contribution in [0.5, 0.6) is 5.75 Å². The Morgan fingerprint density at radius 2 is 2.18 bits per heavy atom. The van der Waals surface area contributed by atoms with Gasteiger partial charge in [-0.05, 0) is 56.1 Å². The lowest BCUT2D eigenvalue weighted by atomic mass is 9.96. The van der Waals surface area contributed by atoms with Crippen LogP contribution in [0.1, 0.15) is 42.3 Å². The minimum Gasteiger partial charge on any atom is -0.497 e. The van der Waals surface area contributed by atoms with E-state index in [2.05, 4.69) is 20.9 Å². The van der Waals surface area contributed by atoms with Gasteiger partial charge in [-0.2, -0.15) is 0 Å². The first-order valence-electron chi connectivity index (χ1n) is 9.60. The van der Waals surface area contributed by atoms with Crippen molar-refractivity contribution in [1.29, 1.82) is 0 Å². The van der Waals surface area contributed by atoms with Crippen LogP contribution in [0.2, 0.25) is 0 Å². The summed E-state index contributed by atoms with van der Waals surface area (Å²) in [6, 6.07) is 8.99. The Labute approximate surface area is 164 Å². The Morgan fingerprint density at radius 1 is 1.29 bits per heavy atom. The predicted molar refractivity (Wildman–Crippen MR) is 104 cm³/mol. The molecule has 0 N–H and O–H groups in total. The average Bonchev–Trinajstić information content (AvgIpc) is 3.09. The van der Waals surface area contributed by atoms with E-state index in [-0.39, 0.29) is 5.82 Å².